The molecule has 0 heterocycles. The van der Waals surface area contributed by atoms with Gasteiger partial charge in [0, 0.05) is 19.4 Å². The average molecular weight is 579 g/mol. The van der Waals surface area contributed by atoms with Crippen LogP contribution in [0.3, 0.4) is 0 Å². The molecule has 4 atom stereocenters. The summed E-state index contributed by atoms with van der Waals surface area (Å²) in [6.07, 6.45) is 1.13. The number of aliphatic carboxylic acids is 2. The van der Waals surface area contributed by atoms with Gasteiger partial charge in [0.25, 0.3) is 0 Å². The van der Waals surface area contributed by atoms with Crippen LogP contribution in [0.15, 0.2) is 30.3 Å². The fraction of sp³-hybridized carbons (Fsp3) is 0.538. The highest BCUT2D eigenvalue weighted by atomic mass is 16.4. The summed E-state index contributed by atoms with van der Waals surface area (Å²) in [5.74, 6) is -5.07. The standard InChI is InChI=1S/C26H42N8O7/c27-13-5-4-9-17(28)22(37)34-20(15-16-7-2-1-3-8-16)24(39)32-18(11-12-21(35)36)23(38)33-19(25(40)41)10-6-14-31-26(29)30/h1-3,7-8,17-20H,4-6,9-15,27-28H2,(H,32,39)(H,33,38)(H,34,37)(H,35,36)(H,40,41)(H4,29,30,31)/t17-,18-,19-,20-/m0/s1. The number of nitrogens with one attached hydrogen (secondary N) is 5. The van der Waals surface area contributed by atoms with E-state index < -0.39 is 60.2 Å². The Balaban J connectivity index is 3.05. The van der Waals surface area contributed by atoms with Gasteiger partial charge < -0.3 is 48.7 Å². The largest absolute Gasteiger partial charge is 0.481 e. The Hall–Kier alpha value is -4.24. The van der Waals surface area contributed by atoms with Crippen LogP contribution >= 0.6 is 0 Å². The molecule has 1 aromatic carbocycles. The molecular formula is C26H42N8O7. The molecule has 0 aliphatic rings. The molecule has 0 unspecified atom stereocenters. The first-order valence-electron chi connectivity index (χ1n) is 13.4. The third-order valence-corrected chi connectivity index (χ3v) is 6.10. The van der Waals surface area contributed by atoms with Gasteiger partial charge in [0.1, 0.15) is 18.1 Å². The average Bonchev–Trinajstić information content (AvgIpc) is 2.92. The molecule has 0 aliphatic carbocycles. The quantitative estimate of drug-likeness (QED) is 0.0475. The fourth-order valence-electron chi connectivity index (χ4n) is 3.85. The van der Waals surface area contributed by atoms with Crippen molar-refractivity contribution in [2.24, 2.45) is 17.2 Å². The maximum Gasteiger partial charge on any atom is 0.326 e. The Morgan fingerprint density at radius 1 is 0.805 bits per heavy atom. The number of nitrogens with two attached hydrogens (primary N) is 3. The van der Waals surface area contributed by atoms with Crippen molar-refractivity contribution >= 4 is 35.6 Å². The second kappa shape index (κ2) is 18.9. The number of carboxylic acid groups (broad SMARTS) is 2. The summed E-state index contributed by atoms with van der Waals surface area (Å²) < 4.78 is 0. The van der Waals surface area contributed by atoms with Crippen molar-refractivity contribution in [3.05, 3.63) is 35.9 Å². The highest BCUT2D eigenvalue weighted by molar-refractivity contribution is 5.94. The number of unbranched alkanes of at least 4 members (excludes halogenated alkanes) is 1. The maximum absolute atomic E-state index is 13.4. The second-order valence-corrected chi connectivity index (χ2v) is 9.52. The number of rotatable bonds is 20. The Morgan fingerprint density at radius 2 is 1.41 bits per heavy atom. The molecule has 0 aliphatic heterocycles. The van der Waals surface area contributed by atoms with Crippen LogP contribution in [0.5, 0.6) is 0 Å². The monoisotopic (exact) mass is 578 g/mol. The van der Waals surface area contributed by atoms with E-state index in [1.807, 2.05) is 0 Å². The molecule has 0 fully saturated rings. The third-order valence-electron chi connectivity index (χ3n) is 6.10. The van der Waals surface area contributed by atoms with E-state index in [4.69, 9.17) is 27.7 Å². The molecule has 41 heavy (non-hydrogen) atoms. The first kappa shape index (κ1) is 34.8. The molecule has 0 saturated carbocycles. The number of hydrogen-bond acceptors (Lipinski definition) is 8. The minimum Gasteiger partial charge on any atom is -0.481 e. The van der Waals surface area contributed by atoms with Crippen LogP contribution in [0.25, 0.3) is 0 Å². The lowest BCUT2D eigenvalue weighted by Gasteiger charge is -2.25. The van der Waals surface area contributed by atoms with Gasteiger partial charge in [-0.1, -0.05) is 36.8 Å². The molecule has 1 rings (SSSR count). The molecule has 0 saturated heterocycles. The van der Waals surface area contributed by atoms with Gasteiger partial charge >= 0.3 is 11.9 Å². The zero-order chi connectivity index (χ0) is 30.8. The van der Waals surface area contributed by atoms with E-state index in [0.717, 1.165) is 0 Å². The van der Waals surface area contributed by atoms with Gasteiger partial charge in [-0.15, -0.1) is 0 Å². The number of amides is 3. The van der Waals surface area contributed by atoms with E-state index in [2.05, 4.69) is 21.3 Å². The van der Waals surface area contributed by atoms with Crippen molar-refractivity contribution in [2.75, 3.05) is 13.1 Å². The number of guanidine groups is 1. The summed E-state index contributed by atoms with van der Waals surface area (Å²) in [5.41, 5.74) is 17.4. The van der Waals surface area contributed by atoms with Crippen molar-refractivity contribution in [3.63, 3.8) is 0 Å². The molecule has 0 aromatic heterocycles. The number of carboxylic acids is 2. The van der Waals surface area contributed by atoms with Gasteiger partial charge in [-0.05, 0) is 44.2 Å². The Labute approximate surface area is 238 Å². The van der Waals surface area contributed by atoms with Crippen LogP contribution in [-0.4, -0.2) is 83.1 Å². The Kier molecular flexibility index (Phi) is 16.1. The van der Waals surface area contributed by atoms with Gasteiger partial charge in [0.05, 0.1) is 6.04 Å². The van der Waals surface area contributed by atoms with E-state index >= 15 is 0 Å². The molecule has 0 bridgehead atoms. The molecule has 15 heteroatoms. The first-order valence-corrected chi connectivity index (χ1v) is 13.4. The topological polar surface area (TPSA) is 276 Å². The number of benzene rings is 1. The predicted molar refractivity (Wildman–Crippen MR) is 150 cm³/mol. The van der Waals surface area contributed by atoms with Crippen LogP contribution in [0, 0.1) is 5.41 Å². The minimum atomic E-state index is -1.40. The fourth-order valence-corrected chi connectivity index (χ4v) is 3.85. The van der Waals surface area contributed by atoms with Gasteiger partial charge in [0.2, 0.25) is 17.7 Å². The maximum atomic E-state index is 13.4. The highest BCUT2D eigenvalue weighted by Crippen LogP contribution is 2.08. The van der Waals surface area contributed by atoms with Crippen LogP contribution in [0.4, 0.5) is 0 Å². The summed E-state index contributed by atoms with van der Waals surface area (Å²) in [6.45, 7) is 0.647. The predicted octanol–water partition coefficient (Wildman–Crippen LogP) is -1.65. The van der Waals surface area contributed by atoms with Crippen LogP contribution in [-0.2, 0) is 30.4 Å². The van der Waals surface area contributed by atoms with Gasteiger partial charge in [-0.25, -0.2) is 4.79 Å². The molecule has 228 valence electrons. The van der Waals surface area contributed by atoms with Gasteiger partial charge in [0.15, 0.2) is 5.96 Å². The van der Waals surface area contributed by atoms with Crippen LogP contribution in [0.1, 0.15) is 50.5 Å². The molecule has 3 amide bonds. The Bertz CT molecular complexity index is 1020. The summed E-state index contributed by atoms with van der Waals surface area (Å²) in [4.78, 5) is 62.1. The molecule has 1 aromatic rings. The summed E-state index contributed by atoms with van der Waals surface area (Å²) in [5, 5.41) is 35.8. The molecule has 0 spiro atoms. The van der Waals surface area contributed by atoms with Crippen molar-refractivity contribution in [1.82, 2.24) is 21.3 Å². The second-order valence-electron chi connectivity index (χ2n) is 9.52. The van der Waals surface area contributed by atoms with Gasteiger partial charge in [-0.3, -0.25) is 24.6 Å². The van der Waals surface area contributed by atoms with Crippen LogP contribution in [0.2, 0.25) is 0 Å². The summed E-state index contributed by atoms with van der Waals surface area (Å²) in [7, 11) is 0. The van der Waals surface area contributed by atoms with Crippen molar-refractivity contribution in [2.45, 2.75) is 75.5 Å². The minimum absolute atomic E-state index is 0.0182. The summed E-state index contributed by atoms with van der Waals surface area (Å²) in [6, 6.07) is 4.01. The highest BCUT2D eigenvalue weighted by Gasteiger charge is 2.30. The lowest BCUT2D eigenvalue weighted by atomic mass is 10.0. The van der Waals surface area contributed by atoms with Crippen molar-refractivity contribution in [1.29, 1.82) is 5.41 Å². The normalized spacial score (nSPS) is 13.6. The lowest BCUT2D eigenvalue weighted by Crippen LogP contribution is -2.57. The first-order chi connectivity index (χ1) is 19.4. The SMILES string of the molecule is N=C(N)NCCC[C@H](NC(=O)[C@H](CCC(=O)O)NC(=O)[C@H](Cc1ccccc1)NC(=O)[C@@H](N)CCCCN)C(=O)O. The van der Waals surface area contributed by atoms with E-state index in [1.54, 1.807) is 30.3 Å². The zero-order valence-corrected chi connectivity index (χ0v) is 22.9. The lowest BCUT2D eigenvalue weighted by molar-refractivity contribution is -0.143. The van der Waals surface area contributed by atoms with E-state index in [9.17, 15) is 29.1 Å². The Morgan fingerprint density at radius 3 is 2.00 bits per heavy atom. The molecular weight excluding hydrogens is 536 g/mol. The van der Waals surface area contributed by atoms with Crippen molar-refractivity contribution < 1.29 is 34.2 Å². The van der Waals surface area contributed by atoms with E-state index in [0.29, 0.717) is 31.4 Å². The van der Waals surface area contributed by atoms with E-state index in [1.165, 1.54) is 0 Å². The third kappa shape index (κ3) is 14.6. The summed E-state index contributed by atoms with van der Waals surface area (Å²) >= 11 is 0. The molecule has 15 nitrogen and oxygen atoms in total. The zero-order valence-electron chi connectivity index (χ0n) is 22.9. The molecule has 13 N–H and O–H groups in total. The molecule has 0 radical (unpaired) electrons. The number of carbonyl (C=O) groups excluding carboxylic acids is 3. The van der Waals surface area contributed by atoms with E-state index in [-0.39, 0.29) is 38.2 Å². The number of carbonyl (C=O) groups is 5. The number of hydrogen-bond donors (Lipinski definition) is 10. The van der Waals surface area contributed by atoms with Crippen LogP contribution < -0.4 is 38.5 Å². The van der Waals surface area contributed by atoms with Gasteiger partial charge in [-0.2, -0.15) is 0 Å². The smallest absolute Gasteiger partial charge is 0.326 e. The van der Waals surface area contributed by atoms with Crippen molar-refractivity contribution in [3.8, 4) is 0 Å².